The molecule has 2 fully saturated rings. The molecule has 5 nitrogen and oxygen atoms in total. The summed E-state index contributed by atoms with van der Waals surface area (Å²) < 4.78 is 12.3. The SMILES string of the molecule is COc1cc(Br)c(C2CC(C(=O)O)CN2)cc1OC1CCC1. The summed E-state index contributed by atoms with van der Waals surface area (Å²) in [4.78, 5) is 11.1. The van der Waals surface area contributed by atoms with Gasteiger partial charge in [0.2, 0.25) is 0 Å². The average molecular weight is 370 g/mol. The van der Waals surface area contributed by atoms with Crippen molar-refractivity contribution in [1.82, 2.24) is 5.32 Å². The van der Waals surface area contributed by atoms with Crippen LogP contribution in [0.5, 0.6) is 11.5 Å². The molecule has 6 heteroatoms. The minimum Gasteiger partial charge on any atom is -0.493 e. The Morgan fingerprint density at radius 1 is 1.36 bits per heavy atom. The lowest BCUT2D eigenvalue weighted by atomic mass is 9.96. The van der Waals surface area contributed by atoms with Crippen LogP contribution in [0.2, 0.25) is 0 Å². The van der Waals surface area contributed by atoms with Gasteiger partial charge in [0.1, 0.15) is 0 Å². The van der Waals surface area contributed by atoms with E-state index in [1.807, 2.05) is 12.1 Å². The first-order valence-electron chi connectivity index (χ1n) is 7.58. The Labute approximate surface area is 138 Å². The maximum atomic E-state index is 11.1. The zero-order valence-electron chi connectivity index (χ0n) is 12.5. The van der Waals surface area contributed by atoms with Gasteiger partial charge in [-0.1, -0.05) is 15.9 Å². The van der Waals surface area contributed by atoms with Crippen molar-refractivity contribution in [3.05, 3.63) is 22.2 Å². The zero-order chi connectivity index (χ0) is 15.7. The number of carboxylic acid groups (broad SMARTS) is 1. The quantitative estimate of drug-likeness (QED) is 0.834. The number of methoxy groups -OCH3 is 1. The van der Waals surface area contributed by atoms with Crippen molar-refractivity contribution in [2.45, 2.75) is 37.8 Å². The number of benzene rings is 1. The standard InChI is InChI=1S/C16H20BrNO4/c1-21-14-7-12(17)11(6-15(14)22-10-3-2-4-10)13-5-9(8-18-13)16(19)20/h6-7,9-10,13,18H,2-5,8H2,1H3,(H,19,20). The Kier molecular flexibility index (Phi) is 4.59. The van der Waals surface area contributed by atoms with Crippen LogP contribution in [-0.4, -0.2) is 30.8 Å². The van der Waals surface area contributed by atoms with Crippen LogP contribution in [-0.2, 0) is 4.79 Å². The fourth-order valence-electron chi connectivity index (χ4n) is 2.90. The Morgan fingerprint density at radius 2 is 2.14 bits per heavy atom. The second kappa shape index (κ2) is 6.46. The number of hydrogen-bond donors (Lipinski definition) is 2. The summed E-state index contributed by atoms with van der Waals surface area (Å²) >= 11 is 3.56. The Hall–Kier alpha value is -1.27. The highest BCUT2D eigenvalue weighted by atomic mass is 79.9. The van der Waals surface area contributed by atoms with Crippen LogP contribution in [0.3, 0.4) is 0 Å². The molecular weight excluding hydrogens is 350 g/mol. The van der Waals surface area contributed by atoms with E-state index in [4.69, 9.17) is 14.6 Å². The van der Waals surface area contributed by atoms with Gasteiger partial charge in [0.15, 0.2) is 11.5 Å². The summed E-state index contributed by atoms with van der Waals surface area (Å²) in [5.41, 5.74) is 1.03. The monoisotopic (exact) mass is 369 g/mol. The molecule has 1 saturated heterocycles. The molecule has 0 radical (unpaired) electrons. The Balaban J connectivity index is 1.84. The van der Waals surface area contributed by atoms with Crippen LogP contribution in [0.1, 0.15) is 37.3 Å². The van der Waals surface area contributed by atoms with Gasteiger partial charge in [-0.25, -0.2) is 0 Å². The molecule has 2 atom stereocenters. The van der Waals surface area contributed by atoms with Crippen LogP contribution in [0.25, 0.3) is 0 Å². The van der Waals surface area contributed by atoms with E-state index < -0.39 is 5.97 Å². The maximum absolute atomic E-state index is 11.1. The third-order valence-corrected chi connectivity index (χ3v) is 5.17. The highest BCUT2D eigenvalue weighted by Gasteiger charge is 2.32. The van der Waals surface area contributed by atoms with Crippen molar-refractivity contribution in [3.63, 3.8) is 0 Å². The number of halogens is 1. The van der Waals surface area contributed by atoms with E-state index in [1.165, 1.54) is 6.42 Å². The van der Waals surface area contributed by atoms with Gasteiger partial charge in [0, 0.05) is 17.1 Å². The molecule has 1 aromatic rings. The third kappa shape index (κ3) is 3.08. The van der Waals surface area contributed by atoms with Crippen LogP contribution in [0, 0.1) is 5.92 Å². The van der Waals surface area contributed by atoms with Gasteiger partial charge in [0.05, 0.1) is 19.1 Å². The molecule has 2 N–H and O–H groups in total. The average Bonchev–Trinajstić information content (AvgIpc) is 2.93. The number of carboxylic acids is 1. The van der Waals surface area contributed by atoms with Gasteiger partial charge in [-0.15, -0.1) is 0 Å². The summed E-state index contributed by atoms with van der Waals surface area (Å²) in [6, 6.07) is 3.90. The molecule has 1 aliphatic heterocycles. The van der Waals surface area contributed by atoms with Gasteiger partial charge in [0.25, 0.3) is 0 Å². The summed E-state index contributed by atoms with van der Waals surface area (Å²) in [6.45, 7) is 0.497. The lowest BCUT2D eigenvalue weighted by Gasteiger charge is -2.28. The van der Waals surface area contributed by atoms with Crippen molar-refractivity contribution in [3.8, 4) is 11.5 Å². The number of hydrogen-bond acceptors (Lipinski definition) is 4. The number of ether oxygens (including phenoxy) is 2. The van der Waals surface area contributed by atoms with E-state index in [-0.39, 0.29) is 18.1 Å². The predicted molar refractivity (Wildman–Crippen MR) is 85.4 cm³/mol. The molecular formula is C16H20BrNO4. The van der Waals surface area contributed by atoms with Crippen LogP contribution in [0.4, 0.5) is 0 Å². The molecule has 0 aromatic heterocycles. The highest BCUT2D eigenvalue weighted by Crippen LogP contribution is 2.41. The minimum absolute atomic E-state index is 0.0186. The fraction of sp³-hybridized carbons (Fsp3) is 0.562. The molecule has 1 aromatic carbocycles. The first kappa shape index (κ1) is 15.6. The first-order valence-corrected chi connectivity index (χ1v) is 8.38. The Morgan fingerprint density at radius 3 is 2.68 bits per heavy atom. The molecule has 1 saturated carbocycles. The predicted octanol–water partition coefficient (Wildman–Crippen LogP) is 3.12. The van der Waals surface area contributed by atoms with Gasteiger partial charge in [-0.3, -0.25) is 4.79 Å². The Bertz CT molecular complexity index is 574. The number of carbonyl (C=O) groups is 1. The van der Waals surface area contributed by atoms with E-state index >= 15 is 0 Å². The second-order valence-electron chi connectivity index (χ2n) is 5.93. The van der Waals surface area contributed by atoms with Crippen LogP contribution in [0.15, 0.2) is 16.6 Å². The zero-order valence-corrected chi connectivity index (χ0v) is 14.1. The van der Waals surface area contributed by atoms with E-state index in [0.29, 0.717) is 18.7 Å². The van der Waals surface area contributed by atoms with Crippen molar-refractivity contribution < 1.29 is 19.4 Å². The molecule has 0 bridgehead atoms. The van der Waals surface area contributed by atoms with Gasteiger partial charge in [-0.05, 0) is 43.4 Å². The van der Waals surface area contributed by atoms with E-state index in [1.54, 1.807) is 7.11 Å². The number of aliphatic carboxylic acids is 1. The van der Waals surface area contributed by atoms with Crippen molar-refractivity contribution in [1.29, 1.82) is 0 Å². The highest BCUT2D eigenvalue weighted by molar-refractivity contribution is 9.10. The molecule has 1 aliphatic carbocycles. The summed E-state index contributed by atoms with van der Waals surface area (Å²) in [5, 5.41) is 12.4. The lowest BCUT2D eigenvalue weighted by Crippen LogP contribution is -2.25. The normalized spacial score (nSPS) is 24.8. The van der Waals surface area contributed by atoms with Crippen molar-refractivity contribution in [2.75, 3.05) is 13.7 Å². The summed E-state index contributed by atoms with van der Waals surface area (Å²) in [6.07, 6.45) is 4.23. The molecule has 2 unspecified atom stereocenters. The molecule has 0 spiro atoms. The minimum atomic E-state index is -0.745. The molecule has 22 heavy (non-hydrogen) atoms. The lowest BCUT2D eigenvalue weighted by molar-refractivity contribution is -0.141. The number of rotatable bonds is 5. The second-order valence-corrected chi connectivity index (χ2v) is 6.78. The smallest absolute Gasteiger partial charge is 0.307 e. The fourth-order valence-corrected chi connectivity index (χ4v) is 3.50. The molecule has 2 aliphatic rings. The van der Waals surface area contributed by atoms with Gasteiger partial charge in [-0.2, -0.15) is 0 Å². The van der Waals surface area contributed by atoms with Gasteiger partial charge < -0.3 is 19.9 Å². The van der Waals surface area contributed by atoms with Crippen molar-refractivity contribution in [2.24, 2.45) is 5.92 Å². The number of nitrogens with one attached hydrogen (secondary N) is 1. The van der Waals surface area contributed by atoms with Crippen LogP contribution < -0.4 is 14.8 Å². The molecule has 3 rings (SSSR count). The summed E-state index contributed by atoms with van der Waals surface area (Å²) in [5.74, 6) is 0.363. The maximum Gasteiger partial charge on any atom is 0.307 e. The first-order chi connectivity index (χ1) is 10.6. The summed E-state index contributed by atoms with van der Waals surface area (Å²) in [7, 11) is 1.63. The largest absolute Gasteiger partial charge is 0.493 e. The molecule has 120 valence electrons. The van der Waals surface area contributed by atoms with Gasteiger partial charge >= 0.3 is 5.97 Å². The van der Waals surface area contributed by atoms with Crippen molar-refractivity contribution >= 4 is 21.9 Å². The van der Waals surface area contributed by atoms with E-state index in [2.05, 4.69) is 21.2 Å². The molecule has 1 heterocycles. The van der Waals surface area contributed by atoms with Crippen LogP contribution >= 0.6 is 15.9 Å². The van der Waals surface area contributed by atoms with E-state index in [9.17, 15) is 4.79 Å². The molecule has 0 amide bonds. The topological polar surface area (TPSA) is 67.8 Å². The third-order valence-electron chi connectivity index (χ3n) is 4.48. The van der Waals surface area contributed by atoms with E-state index in [0.717, 1.165) is 28.6 Å².